The molecule has 166 valence electrons. The van der Waals surface area contributed by atoms with Gasteiger partial charge in [-0.25, -0.2) is 4.90 Å². The fraction of sp³-hybridized carbons (Fsp3) is 0.148. The number of nitrogens with one attached hydrogen (secondary N) is 1. The number of carbonyl (C=O) groups is 3. The van der Waals surface area contributed by atoms with E-state index in [1.807, 2.05) is 54.6 Å². The summed E-state index contributed by atoms with van der Waals surface area (Å²) in [6.45, 7) is 5.63. The number of thioether (sulfide) groups is 1. The van der Waals surface area contributed by atoms with Gasteiger partial charge in [0.15, 0.2) is 0 Å². The van der Waals surface area contributed by atoms with E-state index in [2.05, 4.69) is 19.2 Å². The molecule has 1 aliphatic heterocycles. The Balaban J connectivity index is 1.75. The van der Waals surface area contributed by atoms with Crippen LogP contribution in [0.4, 0.5) is 11.4 Å². The van der Waals surface area contributed by atoms with Crippen molar-refractivity contribution in [3.8, 4) is 0 Å². The van der Waals surface area contributed by atoms with Crippen LogP contribution in [0.15, 0.2) is 88.7 Å². The number of imide groups is 1. The van der Waals surface area contributed by atoms with Crippen LogP contribution in [0.1, 0.15) is 37.8 Å². The molecule has 1 N–H and O–H groups in total. The molecule has 0 radical (unpaired) electrons. The van der Waals surface area contributed by atoms with Gasteiger partial charge < -0.3 is 5.32 Å². The van der Waals surface area contributed by atoms with E-state index in [4.69, 9.17) is 0 Å². The normalized spacial score (nSPS) is 13.8. The van der Waals surface area contributed by atoms with Crippen LogP contribution in [-0.4, -0.2) is 17.7 Å². The second-order valence-electron chi connectivity index (χ2n) is 8.07. The lowest BCUT2D eigenvalue weighted by atomic mass is 10.0. The summed E-state index contributed by atoms with van der Waals surface area (Å²) in [4.78, 5) is 40.9. The van der Waals surface area contributed by atoms with Gasteiger partial charge in [0.1, 0.15) is 0 Å². The van der Waals surface area contributed by atoms with Gasteiger partial charge in [0.25, 0.3) is 11.8 Å². The van der Waals surface area contributed by atoms with Crippen LogP contribution >= 0.6 is 11.8 Å². The molecule has 3 aromatic rings. The van der Waals surface area contributed by atoms with E-state index in [-0.39, 0.29) is 17.7 Å². The average molecular weight is 457 g/mol. The van der Waals surface area contributed by atoms with Gasteiger partial charge in [-0.15, -0.1) is 0 Å². The first kappa shape index (κ1) is 22.6. The molecule has 0 unspecified atom stereocenters. The monoisotopic (exact) mass is 456 g/mol. The summed E-state index contributed by atoms with van der Waals surface area (Å²) in [7, 11) is 0. The first-order valence-corrected chi connectivity index (χ1v) is 11.5. The molecule has 1 aliphatic rings. The average Bonchev–Trinajstić information content (AvgIpc) is 3.04. The minimum Gasteiger partial charge on any atom is -0.326 e. The zero-order chi connectivity index (χ0) is 23.5. The van der Waals surface area contributed by atoms with Crippen molar-refractivity contribution in [2.24, 2.45) is 0 Å². The van der Waals surface area contributed by atoms with Crippen molar-refractivity contribution >= 4 is 46.4 Å². The van der Waals surface area contributed by atoms with E-state index < -0.39 is 0 Å². The van der Waals surface area contributed by atoms with Gasteiger partial charge in [-0.3, -0.25) is 14.4 Å². The molecule has 0 aliphatic carbocycles. The van der Waals surface area contributed by atoms with E-state index in [1.54, 1.807) is 24.3 Å². The first-order chi connectivity index (χ1) is 15.8. The lowest BCUT2D eigenvalue weighted by molar-refractivity contribution is -0.120. The second-order valence-corrected chi connectivity index (χ2v) is 9.15. The summed E-state index contributed by atoms with van der Waals surface area (Å²) in [5.74, 6) is -0.524. The predicted molar refractivity (Wildman–Crippen MR) is 133 cm³/mol. The Labute approximate surface area is 197 Å². The van der Waals surface area contributed by atoms with Crippen LogP contribution < -0.4 is 10.2 Å². The van der Waals surface area contributed by atoms with Crippen LogP contribution in [0.3, 0.4) is 0 Å². The Hall–Kier alpha value is -3.64. The molecule has 3 amide bonds. The number of hydrogen-bond donors (Lipinski definition) is 1. The molecular formula is C27H24N2O3S. The van der Waals surface area contributed by atoms with Crippen LogP contribution in [0.2, 0.25) is 0 Å². The number of nitrogens with zero attached hydrogens (tertiary/aromatic N) is 1. The first-order valence-electron chi connectivity index (χ1n) is 10.7. The predicted octanol–water partition coefficient (Wildman–Crippen LogP) is 5.85. The van der Waals surface area contributed by atoms with Crippen molar-refractivity contribution in [1.82, 2.24) is 0 Å². The topological polar surface area (TPSA) is 66.5 Å². The highest BCUT2D eigenvalue weighted by molar-refractivity contribution is 8.04. The van der Waals surface area contributed by atoms with E-state index in [0.717, 1.165) is 10.5 Å². The minimum atomic E-state index is -0.358. The summed E-state index contributed by atoms with van der Waals surface area (Å²) in [6.07, 6.45) is 0. The van der Waals surface area contributed by atoms with E-state index in [0.29, 0.717) is 33.3 Å². The number of benzene rings is 3. The molecule has 1 heterocycles. The molecule has 3 aromatic carbocycles. The van der Waals surface area contributed by atoms with E-state index >= 15 is 0 Å². The summed E-state index contributed by atoms with van der Waals surface area (Å²) < 4.78 is 0. The van der Waals surface area contributed by atoms with Gasteiger partial charge in [-0.1, -0.05) is 68.1 Å². The molecule has 4 rings (SSSR count). The molecule has 0 fully saturated rings. The number of carbonyl (C=O) groups excluding carboxylic acids is 3. The van der Waals surface area contributed by atoms with Crippen LogP contribution in [0, 0.1) is 0 Å². The Morgan fingerprint density at radius 1 is 0.848 bits per heavy atom. The van der Waals surface area contributed by atoms with Crippen LogP contribution in [-0.2, 0) is 14.4 Å². The van der Waals surface area contributed by atoms with Crippen molar-refractivity contribution in [3.05, 3.63) is 94.9 Å². The van der Waals surface area contributed by atoms with E-state index in [1.165, 1.54) is 23.6 Å². The Kier molecular flexibility index (Phi) is 6.47. The molecule has 0 saturated carbocycles. The Morgan fingerprint density at radius 2 is 1.48 bits per heavy atom. The van der Waals surface area contributed by atoms with Crippen molar-refractivity contribution in [2.75, 3.05) is 10.2 Å². The molecule has 33 heavy (non-hydrogen) atoms. The largest absolute Gasteiger partial charge is 0.326 e. The van der Waals surface area contributed by atoms with Gasteiger partial charge in [-0.05, 0) is 53.4 Å². The lowest BCUT2D eigenvalue weighted by Gasteiger charge is -2.16. The third-order valence-corrected chi connectivity index (χ3v) is 6.41. The van der Waals surface area contributed by atoms with Gasteiger partial charge in [-0.2, -0.15) is 0 Å². The highest BCUT2D eigenvalue weighted by Crippen LogP contribution is 2.41. The van der Waals surface area contributed by atoms with Gasteiger partial charge in [0, 0.05) is 17.5 Å². The standard InChI is InChI=1S/C27H24N2O3S/c1-17(2)19-11-15-22(16-12-19)29-26(31)24(20-9-13-21(14-10-20)28-18(3)30)25(27(29)32)33-23-7-5-4-6-8-23/h4-17H,1-3H3,(H,28,30). The molecule has 0 saturated heterocycles. The molecule has 0 spiro atoms. The lowest BCUT2D eigenvalue weighted by Crippen LogP contribution is -2.31. The highest BCUT2D eigenvalue weighted by Gasteiger charge is 2.40. The number of amides is 3. The maximum absolute atomic E-state index is 13.6. The zero-order valence-corrected chi connectivity index (χ0v) is 19.5. The summed E-state index contributed by atoms with van der Waals surface area (Å²) in [5, 5.41) is 2.72. The van der Waals surface area contributed by atoms with Gasteiger partial charge in [0.2, 0.25) is 5.91 Å². The SMILES string of the molecule is CC(=O)Nc1ccc(C2=C(Sc3ccccc3)C(=O)N(c3ccc(C(C)C)cc3)C2=O)cc1. The molecule has 0 bridgehead atoms. The van der Waals surface area contributed by atoms with Crippen molar-refractivity contribution in [1.29, 1.82) is 0 Å². The summed E-state index contributed by atoms with van der Waals surface area (Å²) in [6, 6.07) is 24.0. The fourth-order valence-electron chi connectivity index (χ4n) is 3.63. The maximum Gasteiger partial charge on any atom is 0.272 e. The third-order valence-electron chi connectivity index (χ3n) is 5.32. The Bertz CT molecular complexity index is 1230. The van der Waals surface area contributed by atoms with E-state index in [9.17, 15) is 14.4 Å². The highest BCUT2D eigenvalue weighted by atomic mass is 32.2. The van der Waals surface area contributed by atoms with Crippen LogP contribution in [0.25, 0.3) is 5.57 Å². The maximum atomic E-state index is 13.6. The zero-order valence-electron chi connectivity index (χ0n) is 18.7. The minimum absolute atomic E-state index is 0.176. The second kappa shape index (κ2) is 9.46. The quantitative estimate of drug-likeness (QED) is 0.473. The fourth-order valence-corrected chi connectivity index (χ4v) is 4.65. The molecule has 0 atom stereocenters. The molecule has 5 nitrogen and oxygen atoms in total. The number of anilines is 2. The summed E-state index contributed by atoms with van der Waals surface area (Å²) in [5.41, 5.74) is 3.30. The Morgan fingerprint density at radius 3 is 2.06 bits per heavy atom. The third kappa shape index (κ3) is 4.76. The number of rotatable bonds is 6. The van der Waals surface area contributed by atoms with Crippen LogP contribution in [0.5, 0.6) is 0 Å². The van der Waals surface area contributed by atoms with Gasteiger partial charge in [0.05, 0.1) is 16.2 Å². The van der Waals surface area contributed by atoms with Gasteiger partial charge >= 0.3 is 0 Å². The van der Waals surface area contributed by atoms with Crippen molar-refractivity contribution < 1.29 is 14.4 Å². The summed E-state index contributed by atoms with van der Waals surface area (Å²) >= 11 is 1.29. The van der Waals surface area contributed by atoms with Crippen molar-refractivity contribution in [2.45, 2.75) is 31.6 Å². The molecular weight excluding hydrogens is 432 g/mol. The van der Waals surface area contributed by atoms with Crippen molar-refractivity contribution in [3.63, 3.8) is 0 Å². The number of hydrogen-bond acceptors (Lipinski definition) is 4. The smallest absolute Gasteiger partial charge is 0.272 e. The molecule has 0 aromatic heterocycles. The molecule has 6 heteroatoms.